The van der Waals surface area contributed by atoms with Crippen LogP contribution in [-0.2, 0) is 14.3 Å². The van der Waals surface area contributed by atoms with Crippen LogP contribution in [0.25, 0.3) is 0 Å². The molecule has 2 aromatic rings. The topological polar surface area (TPSA) is 92.7 Å². The van der Waals surface area contributed by atoms with E-state index >= 15 is 0 Å². The highest BCUT2D eigenvalue weighted by Gasteiger charge is 2.46. The number of Topliss-reactive ketones (excluding diaryl/α,β-unsaturated/α-hetero) is 1. The number of allylic oxidation sites excluding steroid dienone is 1. The number of fused-ring (bicyclic) bond motifs is 1. The van der Waals surface area contributed by atoms with Crippen molar-refractivity contribution in [3.8, 4) is 23.0 Å². The molecule has 1 unspecified atom stereocenters. The number of ether oxygens (including phenoxy) is 5. The summed E-state index contributed by atoms with van der Waals surface area (Å²) >= 11 is 0. The molecule has 1 aliphatic carbocycles. The predicted octanol–water partition coefficient (Wildman–Crippen LogP) is 6.03. The Hall–Kier alpha value is -3.81. The van der Waals surface area contributed by atoms with Crippen LogP contribution < -0.4 is 18.9 Å². The summed E-state index contributed by atoms with van der Waals surface area (Å²) in [6, 6.07) is 11.4. The molecule has 1 aliphatic heterocycles. The minimum atomic E-state index is -0.582. The van der Waals surface area contributed by atoms with E-state index in [0.29, 0.717) is 53.7 Å². The second kappa shape index (κ2) is 12.6. The van der Waals surface area contributed by atoms with Gasteiger partial charge in [-0.15, -0.1) is 0 Å². The van der Waals surface area contributed by atoms with Crippen LogP contribution in [0.1, 0.15) is 69.9 Å². The number of benzene rings is 2. The summed E-state index contributed by atoms with van der Waals surface area (Å²) in [7, 11) is 4.77. The predicted molar refractivity (Wildman–Crippen MR) is 153 cm³/mol. The number of carbonyl (C=O) groups is 2. The summed E-state index contributed by atoms with van der Waals surface area (Å²) in [5, 5.41) is 0. The lowest BCUT2D eigenvalue weighted by Gasteiger charge is -2.38. The first-order valence-electron chi connectivity index (χ1n) is 13.8. The van der Waals surface area contributed by atoms with E-state index in [1.807, 2.05) is 64.1 Å². The van der Waals surface area contributed by atoms with Crippen molar-refractivity contribution >= 4 is 17.5 Å². The van der Waals surface area contributed by atoms with Crippen LogP contribution >= 0.6 is 0 Å². The van der Waals surface area contributed by atoms with Crippen LogP contribution in [0.4, 0.5) is 0 Å². The molecular weight excluding hydrogens is 510 g/mol. The Balaban J connectivity index is 1.78. The number of hydrogen-bond acceptors (Lipinski definition) is 8. The smallest absolute Gasteiger partial charge is 0.336 e. The first-order valence-corrected chi connectivity index (χ1v) is 13.8. The highest BCUT2D eigenvalue weighted by atomic mass is 16.5. The Morgan fingerprint density at radius 3 is 2.17 bits per heavy atom. The van der Waals surface area contributed by atoms with Gasteiger partial charge >= 0.3 is 5.97 Å². The van der Waals surface area contributed by atoms with Crippen molar-refractivity contribution in [2.45, 2.75) is 64.9 Å². The third kappa shape index (κ3) is 5.86. The third-order valence-electron chi connectivity index (χ3n) is 7.40. The van der Waals surface area contributed by atoms with Crippen LogP contribution in [0.3, 0.4) is 0 Å². The summed E-state index contributed by atoms with van der Waals surface area (Å²) in [5.41, 5.74) is 3.50. The molecule has 0 N–H and O–H groups in total. The molecule has 2 aliphatic rings. The molecule has 8 heteroatoms. The number of rotatable bonds is 10. The molecule has 0 spiro atoms. The second-order valence-electron chi connectivity index (χ2n) is 10.5. The van der Waals surface area contributed by atoms with E-state index in [9.17, 15) is 9.59 Å². The fourth-order valence-corrected chi connectivity index (χ4v) is 5.63. The molecular formula is C32H39NO7. The van der Waals surface area contributed by atoms with E-state index in [1.165, 1.54) is 0 Å². The highest BCUT2D eigenvalue weighted by Crippen LogP contribution is 2.48. The van der Waals surface area contributed by atoms with Crippen LogP contribution in [0.15, 0.2) is 52.7 Å². The monoisotopic (exact) mass is 549 g/mol. The molecule has 1 saturated carbocycles. The van der Waals surface area contributed by atoms with E-state index in [0.717, 1.165) is 23.3 Å². The van der Waals surface area contributed by atoms with Gasteiger partial charge in [-0.3, -0.25) is 9.79 Å². The summed E-state index contributed by atoms with van der Waals surface area (Å²) in [4.78, 5) is 32.2. The van der Waals surface area contributed by atoms with Crippen molar-refractivity contribution < 1.29 is 33.3 Å². The fraction of sp³-hybridized carbons (Fsp3) is 0.469. The fourth-order valence-electron chi connectivity index (χ4n) is 5.63. The molecule has 3 atom stereocenters. The minimum Gasteiger partial charge on any atom is -0.493 e. The Labute approximate surface area is 236 Å². The maximum absolute atomic E-state index is 14.0. The number of hydrogen-bond donors (Lipinski definition) is 0. The molecule has 0 bridgehead atoms. The van der Waals surface area contributed by atoms with Gasteiger partial charge in [0, 0.05) is 23.7 Å². The molecule has 1 heterocycles. The van der Waals surface area contributed by atoms with Crippen molar-refractivity contribution in [2.75, 3.05) is 27.9 Å². The second-order valence-corrected chi connectivity index (χ2v) is 10.5. The molecule has 8 nitrogen and oxygen atoms in total. The summed E-state index contributed by atoms with van der Waals surface area (Å²) in [6.45, 7) is 8.02. The van der Waals surface area contributed by atoms with E-state index < -0.39 is 17.8 Å². The van der Waals surface area contributed by atoms with Gasteiger partial charge in [-0.2, -0.15) is 0 Å². The van der Waals surface area contributed by atoms with Crippen molar-refractivity contribution in [2.24, 2.45) is 10.9 Å². The van der Waals surface area contributed by atoms with Crippen LogP contribution in [-0.4, -0.2) is 51.5 Å². The van der Waals surface area contributed by atoms with Gasteiger partial charge in [0.1, 0.15) is 5.78 Å². The normalized spacial score (nSPS) is 20.6. The first kappa shape index (κ1) is 29.2. The van der Waals surface area contributed by atoms with Gasteiger partial charge in [0.15, 0.2) is 23.0 Å². The van der Waals surface area contributed by atoms with E-state index in [1.54, 1.807) is 21.3 Å². The number of nitrogens with zero attached hydrogens (tertiary/aromatic N) is 1. The molecule has 40 heavy (non-hydrogen) atoms. The van der Waals surface area contributed by atoms with Gasteiger partial charge in [0.25, 0.3) is 0 Å². The number of carbonyl (C=O) groups excluding carboxylic acids is 2. The Bertz CT molecular complexity index is 1330. The molecule has 1 fully saturated rings. The van der Waals surface area contributed by atoms with E-state index in [4.69, 9.17) is 28.7 Å². The number of ketones is 1. The zero-order valence-corrected chi connectivity index (χ0v) is 24.4. The maximum atomic E-state index is 14.0. The average molecular weight is 550 g/mol. The first-order chi connectivity index (χ1) is 19.2. The van der Waals surface area contributed by atoms with E-state index in [-0.39, 0.29) is 17.8 Å². The molecule has 2 aromatic carbocycles. The maximum Gasteiger partial charge on any atom is 0.336 e. The van der Waals surface area contributed by atoms with Gasteiger partial charge in [-0.25, -0.2) is 4.79 Å². The van der Waals surface area contributed by atoms with Crippen molar-refractivity contribution in [3.05, 3.63) is 58.8 Å². The summed E-state index contributed by atoms with van der Waals surface area (Å²) in [6.07, 6.45) is 1.45. The molecule has 0 amide bonds. The van der Waals surface area contributed by atoms with Gasteiger partial charge in [-0.05, 0) is 74.9 Å². The lowest BCUT2D eigenvalue weighted by Crippen LogP contribution is -2.41. The average Bonchev–Trinajstić information content (AvgIpc) is 2.94. The zero-order valence-electron chi connectivity index (χ0n) is 24.4. The summed E-state index contributed by atoms with van der Waals surface area (Å²) < 4.78 is 28.0. The van der Waals surface area contributed by atoms with Crippen molar-refractivity contribution in [1.29, 1.82) is 0 Å². The lowest BCUT2D eigenvalue weighted by molar-refractivity contribution is -0.143. The molecule has 0 saturated heterocycles. The van der Waals surface area contributed by atoms with Crippen molar-refractivity contribution in [3.63, 3.8) is 0 Å². The van der Waals surface area contributed by atoms with Gasteiger partial charge in [-0.1, -0.05) is 19.1 Å². The standard InChI is InChI=1S/C32H39NO7/c1-8-13-39-26-12-10-21(17-28(26)38-7)30-29(32(35)40-18(2)3)19(4)33-23-14-22(15-24(34)31(23)30)20-9-11-25(36-5)27(16-20)37-6/h9-12,16-18,22,30-31H,8,13-15H2,1-7H3/t22-,30-,31?/m0/s1. The number of aliphatic imine (C=N–C) groups is 1. The molecule has 0 radical (unpaired) electrons. The minimum absolute atomic E-state index is 0.0300. The van der Waals surface area contributed by atoms with Crippen molar-refractivity contribution in [1.82, 2.24) is 0 Å². The van der Waals surface area contributed by atoms with Crippen LogP contribution in [0.2, 0.25) is 0 Å². The van der Waals surface area contributed by atoms with Gasteiger partial charge < -0.3 is 23.7 Å². The Morgan fingerprint density at radius 2 is 1.52 bits per heavy atom. The lowest BCUT2D eigenvalue weighted by atomic mass is 9.66. The van der Waals surface area contributed by atoms with E-state index in [2.05, 4.69) is 0 Å². The largest absolute Gasteiger partial charge is 0.493 e. The SMILES string of the molecule is CCCOc1ccc([C@H]2C(C(=O)OC(C)C)=C(C)N=C3C[C@H](c4ccc(OC)c(OC)c4)CC(=O)C32)cc1OC. The number of methoxy groups -OCH3 is 3. The molecule has 4 rings (SSSR count). The van der Waals surface area contributed by atoms with Gasteiger partial charge in [0.2, 0.25) is 0 Å². The quantitative estimate of drug-likeness (QED) is 0.334. The summed E-state index contributed by atoms with van der Waals surface area (Å²) in [5.74, 6) is 0.791. The Kier molecular flexibility index (Phi) is 9.17. The number of esters is 1. The highest BCUT2D eigenvalue weighted by molar-refractivity contribution is 6.12. The van der Waals surface area contributed by atoms with Crippen LogP contribution in [0, 0.1) is 5.92 Å². The molecule has 214 valence electrons. The molecule has 0 aromatic heterocycles. The zero-order chi connectivity index (χ0) is 29.0. The third-order valence-corrected chi connectivity index (χ3v) is 7.40. The Morgan fingerprint density at radius 1 is 0.900 bits per heavy atom. The van der Waals surface area contributed by atoms with Crippen LogP contribution in [0.5, 0.6) is 23.0 Å². The van der Waals surface area contributed by atoms with Gasteiger partial charge in [0.05, 0.1) is 45.5 Å².